The highest BCUT2D eigenvalue weighted by Crippen LogP contribution is 2.30. The van der Waals surface area contributed by atoms with E-state index in [4.69, 9.17) is 4.74 Å². The van der Waals surface area contributed by atoms with Gasteiger partial charge < -0.3 is 9.84 Å². The summed E-state index contributed by atoms with van der Waals surface area (Å²) in [5.74, 6) is 0.794. The molecule has 0 spiro atoms. The monoisotopic (exact) mass is 322 g/mol. The molecule has 0 aliphatic heterocycles. The van der Waals surface area contributed by atoms with Gasteiger partial charge in [0.25, 0.3) is 0 Å². The van der Waals surface area contributed by atoms with Crippen LogP contribution in [0, 0.1) is 0 Å². The molecule has 116 valence electrons. The van der Waals surface area contributed by atoms with Gasteiger partial charge in [-0.2, -0.15) is 0 Å². The van der Waals surface area contributed by atoms with E-state index < -0.39 is 6.10 Å². The molecule has 3 rings (SSSR count). The number of aliphatic hydroxyl groups is 1. The smallest absolute Gasteiger partial charge is 0.119 e. The standard InChI is InChI=1S/C20H18O2S/c1-2-18-12-13-19(23-18)20(21)16-8-10-17(11-9-16)22-14-15-6-4-3-5-7-15/h2-13,20-21H,1,14H2. The molecule has 0 aliphatic rings. The van der Waals surface area contributed by atoms with E-state index in [0.29, 0.717) is 6.61 Å². The van der Waals surface area contributed by atoms with Crippen molar-refractivity contribution in [1.82, 2.24) is 0 Å². The first-order valence-corrected chi connectivity index (χ1v) is 8.25. The Morgan fingerprint density at radius 2 is 1.74 bits per heavy atom. The molecule has 23 heavy (non-hydrogen) atoms. The summed E-state index contributed by atoms with van der Waals surface area (Å²) in [4.78, 5) is 1.97. The van der Waals surface area contributed by atoms with Crippen molar-refractivity contribution in [3.8, 4) is 5.75 Å². The first-order chi connectivity index (χ1) is 11.3. The molecular weight excluding hydrogens is 304 g/mol. The van der Waals surface area contributed by atoms with Crippen LogP contribution in [-0.4, -0.2) is 5.11 Å². The van der Waals surface area contributed by atoms with E-state index in [9.17, 15) is 5.11 Å². The van der Waals surface area contributed by atoms with Gasteiger partial charge in [-0.05, 0) is 35.4 Å². The van der Waals surface area contributed by atoms with Crippen molar-refractivity contribution < 1.29 is 9.84 Å². The molecule has 0 amide bonds. The molecular formula is C20H18O2S. The molecule has 0 aliphatic carbocycles. The Kier molecular flexibility index (Phi) is 4.91. The lowest BCUT2D eigenvalue weighted by Gasteiger charge is -2.11. The van der Waals surface area contributed by atoms with Crippen molar-refractivity contribution in [2.45, 2.75) is 12.7 Å². The van der Waals surface area contributed by atoms with E-state index >= 15 is 0 Å². The zero-order valence-corrected chi connectivity index (χ0v) is 13.5. The Hall–Kier alpha value is -2.36. The second-order valence-corrected chi connectivity index (χ2v) is 6.34. The average Bonchev–Trinajstić information content (AvgIpc) is 3.10. The second kappa shape index (κ2) is 7.27. The lowest BCUT2D eigenvalue weighted by Crippen LogP contribution is -1.98. The highest BCUT2D eigenvalue weighted by molar-refractivity contribution is 7.13. The highest BCUT2D eigenvalue weighted by Gasteiger charge is 2.12. The van der Waals surface area contributed by atoms with E-state index in [1.165, 1.54) is 0 Å². The van der Waals surface area contributed by atoms with Crippen LogP contribution in [0.1, 0.15) is 27.0 Å². The number of ether oxygens (including phenoxy) is 1. The predicted molar refractivity (Wildman–Crippen MR) is 95.7 cm³/mol. The van der Waals surface area contributed by atoms with Crippen molar-refractivity contribution in [2.75, 3.05) is 0 Å². The number of aliphatic hydroxyl groups excluding tert-OH is 1. The van der Waals surface area contributed by atoms with Crippen molar-refractivity contribution in [3.63, 3.8) is 0 Å². The van der Waals surface area contributed by atoms with Crippen LogP contribution < -0.4 is 4.74 Å². The lowest BCUT2D eigenvalue weighted by molar-refractivity contribution is 0.224. The molecule has 2 nitrogen and oxygen atoms in total. The van der Waals surface area contributed by atoms with E-state index in [2.05, 4.69) is 6.58 Å². The molecule has 0 radical (unpaired) electrons. The van der Waals surface area contributed by atoms with Crippen LogP contribution in [0.5, 0.6) is 5.75 Å². The molecule has 0 saturated carbocycles. The van der Waals surface area contributed by atoms with Gasteiger partial charge in [-0.25, -0.2) is 0 Å². The van der Waals surface area contributed by atoms with E-state index in [1.807, 2.05) is 66.7 Å². The van der Waals surface area contributed by atoms with Gasteiger partial charge >= 0.3 is 0 Å². The summed E-state index contributed by atoms with van der Waals surface area (Å²) < 4.78 is 5.76. The zero-order chi connectivity index (χ0) is 16.1. The number of rotatable bonds is 6. The summed E-state index contributed by atoms with van der Waals surface area (Å²) >= 11 is 1.55. The fraction of sp³-hybridized carbons (Fsp3) is 0.100. The maximum atomic E-state index is 10.4. The molecule has 0 fully saturated rings. The normalized spacial score (nSPS) is 11.9. The SMILES string of the molecule is C=Cc1ccc(C(O)c2ccc(OCc3ccccc3)cc2)s1. The van der Waals surface area contributed by atoms with Crippen LogP contribution in [0.25, 0.3) is 6.08 Å². The van der Waals surface area contributed by atoms with Gasteiger partial charge in [0.2, 0.25) is 0 Å². The molecule has 3 aromatic rings. The van der Waals surface area contributed by atoms with Crippen molar-refractivity contribution >= 4 is 17.4 Å². The summed E-state index contributed by atoms with van der Waals surface area (Å²) in [6.45, 7) is 4.28. The summed E-state index contributed by atoms with van der Waals surface area (Å²) in [6, 6.07) is 21.5. The molecule has 0 saturated heterocycles. The summed E-state index contributed by atoms with van der Waals surface area (Å²) in [5.41, 5.74) is 1.99. The Balaban J connectivity index is 1.65. The van der Waals surface area contributed by atoms with E-state index in [1.54, 1.807) is 17.4 Å². The fourth-order valence-corrected chi connectivity index (χ4v) is 3.15. The lowest BCUT2D eigenvalue weighted by atomic mass is 10.1. The van der Waals surface area contributed by atoms with E-state index in [0.717, 1.165) is 26.6 Å². The minimum Gasteiger partial charge on any atom is -0.489 e. The molecule has 1 N–H and O–H groups in total. The summed E-state index contributed by atoms with van der Waals surface area (Å²) in [7, 11) is 0. The third-order valence-corrected chi connectivity index (χ3v) is 4.70. The predicted octanol–water partition coefficient (Wildman–Crippen LogP) is 5.05. The quantitative estimate of drug-likeness (QED) is 0.688. The Labute approximate surface area is 140 Å². The fourth-order valence-electron chi connectivity index (χ4n) is 2.28. The molecule has 1 atom stereocenters. The largest absolute Gasteiger partial charge is 0.489 e. The Bertz CT molecular complexity index is 760. The topological polar surface area (TPSA) is 29.5 Å². The van der Waals surface area contributed by atoms with Crippen LogP contribution in [0.3, 0.4) is 0 Å². The number of hydrogen-bond donors (Lipinski definition) is 1. The first kappa shape index (κ1) is 15.5. The van der Waals surface area contributed by atoms with Gasteiger partial charge in [-0.3, -0.25) is 0 Å². The minimum atomic E-state index is -0.614. The van der Waals surface area contributed by atoms with Crippen LogP contribution >= 0.6 is 11.3 Å². The molecule has 1 aromatic heterocycles. The number of hydrogen-bond acceptors (Lipinski definition) is 3. The van der Waals surface area contributed by atoms with Crippen molar-refractivity contribution in [3.05, 3.63) is 94.2 Å². The maximum absolute atomic E-state index is 10.4. The maximum Gasteiger partial charge on any atom is 0.119 e. The zero-order valence-electron chi connectivity index (χ0n) is 12.7. The van der Waals surface area contributed by atoms with Gasteiger partial charge in [0.15, 0.2) is 0 Å². The Morgan fingerprint density at radius 1 is 1.00 bits per heavy atom. The van der Waals surface area contributed by atoms with Crippen LogP contribution in [-0.2, 0) is 6.61 Å². The second-order valence-electron chi connectivity index (χ2n) is 5.19. The minimum absolute atomic E-state index is 0.538. The van der Waals surface area contributed by atoms with Gasteiger partial charge in [0.1, 0.15) is 18.5 Å². The van der Waals surface area contributed by atoms with Gasteiger partial charge in [0.05, 0.1) is 0 Å². The summed E-state index contributed by atoms with van der Waals surface area (Å²) in [5, 5.41) is 10.4. The van der Waals surface area contributed by atoms with Crippen LogP contribution in [0.15, 0.2) is 73.3 Å². The van der Waals surface area contributed by atoms with E-state index in [-0.39, 0.29) is 0 Å². The first-order valence-electron chi connectivity index (χ1n) is 7.43. The van der Waals surface area contributed by atoms with Gasteiger partial charge in [-0.1, -0.05) is 55.1 Å². The highest BCUT2D eigenvalue weighted by atomic mass is 32.1. The van der Waals surface area contributed by atoms with Crippen LogP contribution in [0.4, 0.5) is 0 Å². The van der Waals surface area contributed by atoms with Gasteiger partial charge in [0, 0.05) is 9.75 Å². The number of thiophene rings is 1. The third kappa shape index (κ3) is 3.89. The molecule has 2 aromatic carbocycles. The van der Waals surface area contributed by atoms with Crippen LogP contribution in [0.2, 0.25) is 0 Å². The average molecular weight is 322 g/mol. The third-order valence-electron chi connectivity index (χ3n) is 3.56. The Morgan fingerprint density at radius 3 is 2.39 bits per heavy atom. The molecule has 1 heterocycles. The van der Waals surface area contributed by atoms with Gasteiger partial charge in [-0.15, -0.1) is 11.3 Å². The number of benzene rings is 2. The van der Waals surface area contributed by atoms with Crippen molar-refractivity contribution in [1.29, 1.82) is 0 Å². The molecule has 1 unspecified atom stereocenters. The summed E-state index contributed by atoms with van der Waals surface area (Å²) in [6.07, 6.45) is 1.18. The molecule has 0 bridgehead atoms. The van der Waals surface area contributed by atoms with Crippen molar-refractivity contribution in [2.24, 2.45) is 0 Å². The molecule has 3 heteroatoms.